The smallest absolute Gasteiger partial charge is 0.178 e. The molecule has 0 radical (unpaired) electrons. The van der Waals surface area contributed by atoms with Gasteiger partial charge in [0.1, 0.15) is 11.3 Å². The SMILES string of the molecule is Cc1nnc2ccc(N3CCN(c4nccn5nc(C(C)(C)C)cc45)CC3)nn12. The van der Waals surface area contributed by atoms with Gasteiger partial charge in [0.2, 0.25) is 0 Å². The largest absolute Gasteiger partial charge is 0.352 e. The molecular formula is C20H25N9. The molecule has 0 spiro atoms. The number of anilines is 2. The molecule has 4 aromatic rings. The Kier molecular flexibility index (Phi) is 3.94. The minimum atomic E-state index is 0.00656. The van der Waals surface area contributed by atoms with Crippen LogP contribution in [-0.4, -0.2) is 60.6 Å². The minimum absolute atomic E-state index is 0.00656. The van der Waals surface area contributed by atoms with E-state index in [1.807, 2.05) is 36.0 Å². The molecule has 9 nitrogen and oxygen atoms in total. The molecule has 1 saturated heterocycles. The molecule has 5 rings (SSSR count). The van der Waals surface area contributed by atoms with Crippen molar-refractivity contribution >= 4 is 22.8 Å². The lowest BCUT2D eigenvalue weighted by Gasteiger charge is -2.36. The molecule has 0 atom stereocenters. The summed E-state index contributed by atoms with van der Waals surface area (Å²) in [5.74, 6) is 2.74. The fourth-order valence-electron chi connectivity index (χ4n) is 3.72. The number of hydrogen-bond acceptors (Lipinski definition) is 7. The molecule has 1 fully saturated rings. The summed E-state index contributed by atoms with van der Waals surface area (Å²) in [5.41, 5.74) is 2.92. The van der Waals surface area contributed by atoms with Crippen LogP contribution in [0.15, 0.2) is 30.6 Å². The van der Waals surface area contributed by atoms with Crippen LogP contribution in [0.4, 0.5) is 11.6 Å². The Labute approximate surface area is 169 Å². The first kappa shape index (κ1) is 17.8. The van der Waals surface area contributed by atoms with Crippen LogP contribution in [0, 0.1) is 6.92 Å². The Morgan fingerprint density at radius 2 is 1.69 bits per heavy atom. The number of aryl methyl sites for hydroxylation is 1. The van der Waals surface area contributed by atoms with Crippen LogP contribution in [0.1, 0.15) is 32.3 Å². The van der Waals surface area contributed by atoms with Crippen molar-refractivity contribution in [2.24, 2.45) is 0 Å². The minimum Gasteiger partial charge on any atom is -0.352 e. The van der Waals surface area contributed by atoms with E-state index in [1.165, 1.54) is 0 Å². The summed E-state index contributed by atoms with van der Waals surface area (Å²) in [6.45, 7) is 12.0. The number of rotatable bonds is 2. The third-order valence-electron chi connectivity index (χ3n) is 5.45. The average molecular weight is 391 g/mol. The lowest BCUT2D eigenvalue weighted by Crippen LogP contribution is -2.47. The van der Waals surface area contributed by atoms with Crippen molar-refractivity contribution in [3.05, 3.63) is 42.1 Å². The fourth-order valence-corrected chi connectivity index (χ4v) is 3.72. The molecule has 5 heterocycles. The van der Waals surface area contributed by atoms with Gasteiger partial charge in [0, 0.05) is 44.0 Å². The van der Waals surface area contributed by atoms with Crippen LogP contribution < -0.4 is 9.80 Å². The zero-order chi connectivity index (χ0) is 20.2. The van der Waals surface area contributed by atoms with E-state index in [-0.39, 0.29) is 5.41 Å². The van der Waals surface area contributed by atoms with Gasteiger partial charge in [-0.25, -0.2) is 9.50 Å². The quantitative estimate of drug-likeness (QED) is 0.518. The lowest BCUT2D eigenvalue weighted by molar-refractivity contribution is 0.562. The Hall–Kier alpha value is -3.23. The highest BCUT2D eigenvalue weighted by Gasteiger charge is 2.24. The van der Waals surface area contributed by atoms with E-state index in [2.05, 4.69) is 51.8 Å². The maximum Gasteiger partial charge on any atom is 0.178 e. The second kappa shape index (κ2) is 6.40. The summed E-state index contributed by atoms with van der Waals surface area (Å²) in [4.78, 5) is 9.31. The summed E-state index contributed by atoms with van der Waals surface area (Å²) in [6.07, 6.45) is 3.75. The fraction of sp³-hybridized carbons (Fsp3) is 0.450. The molecule has 0 aliphatic carbocycles. The van der Waals surface area contributed by atoms with Crippen LogP contribution in [-0.2, 0) is 5.41 Å². The summed E-state index contributed by atoms with van der Waals surface area (Å²) in [7, 11) is 0. The number of nitrogens with zero attached hydrogens (tertiary/aromatic N) is 9. The van der Waals surface area contributed by atoms with Gasteiger partial charge in [-0.1, -0.05) is 20.8 Å². The van der Waals surface area contributed by atoms with Crippen LogP contribution >= 0.6 is 0 Å². The third kappa shape index (κ3) is 3.06. The van der Waals surface area contributed by atoms with E-state index >= 15 is 0 Å². The van der Waals surface area contributed by atoms with E-state index in [1.54, 1.807) is 4.52 Å². The van der Waals surface area contributed by atoms with Gasteiger partial charge in [0.25, 0.3) is 0 Å². The highest BCUT2D eigenvalue weighted by molar-refractivity contribution is 5.70. The van der Waals surface area contributed by atoms with Crippen molar-refractivity contribution in [1.29, 1.82) is 0 Å². The van der Waals surface area contributed by atoms with Crippen molar-refractivity contribution in [3.63, 3.8) is 0 Å². The van der Waals surface area contributed by atoms with Crippen molar-refractivity contribution < 1.29 is 0 Å². The van der Waals surface area contributed by atoms with Crippen molar-refractivity contribution in [2.75, 3.05) is 36.0 Å². The zero-order valence-corrected chi connectivity index (χ0v) is 17.2. The summed E-state index contributed by atoms with van der Waals surface area (Å²) in [6, 6.07) is 6.15. The van der Waals surface area contributed by atoms with Crippen LogP contribution in [0.5, 0.6) is 0 Å². The molecule has 29 heavy (non-hydrogen) atoms. The molecule has 150 valence electrons. The number of fused-ring (bicyclic) bond motifs is 2. The van der Waals surface area contributed by atoms with Crippen LogP contribution in [0.2, 0.25) is 0 Å². The first-order chi connectivity index (χ1) is 13.9. The van der Waals surface area contributed by atoms with Gasteiger partial charge < -0.3 is 9.80 Å². The molecule has 0 bridgehead atoms. The zero-order valence-electron chi connectivity index (χ0n) is 17.2. The van der Waals surface area contributed by atoms with Crippen LogP contribution in [0.3, 0.4) is 0 Å². The van der Waals surface area contributed by atoms with Crippen LogP contribution in [0.25, 0.3) is 11.2 Å². The molecular weight excluding hydrogens is 366 g/mol. The monoisotopic (exact) mass is 391 g/mol. The van der Waals surface area contributed by atoms with Crippen molar-refractivity contribution in [2.45, 2.75) is 33.1 Å². The Bertz CT molecular complexity index is 1180. The van der Waals surface area contributed by atoms with Gasteiger partial charge in [-0.05, 0) is 25.1 Å². The molecule has 0 unspecified atom stereocenters. The second-order valence-corrected chi connectivity index (χ2v) is 8.54. The number of aromatic nitrogens is 7. The topological polar surface area (TPSA) is 79.8 Å². The first-order valence-corrected chi connectivity index (χ1v) is 9.94. The van der Waals surface area contributed by atoms with Gasteiger partial charge in [0.15, 0.2) is 17.3 Å². The molecule has 0 amide bonds. The van der Waals surface area contributed by atoms with E-state index in [9.17, 15) is 0 Å². The van der Waals surface area contributed by atoms with E-state index in [0.29, 0.717) is 0 Å². The molecule has 0 N–H and O–H groups in total. The summed E-state index contributed by atoms with van der Waals surface area (Å²) < 4.78 is 3.74. The highest BCUT2D eigenvalue weighted by atomic mass is 15.4. The standard InChI is InChI=1S/C20H25N9/c1-14-22-23-17-5-6-18(25-29(14)17)26-9-11-27(12-10-26)19-15-13-16(20(2,3)4)24-28(15)8-7-21-19/h5-8,13H,9-12H2,1-4H3. The van der Waals surface area contributed by atoms with Crippen molar-refractivity contribution in [3.8, 4) is 0 Å². The van der Waals surface area contributed by atoms with Gasteiger partial charge in [-0.15, -0.1) is 15.3 Å². The first-order valence-electron chi connectivity index (χ1n) is 9.94. The van der Waals surface area contributed by atoms with Gasteiger partial charge in [-0.2, -0.15) is 9.61 Å². The maximum absolute atomic E-state index is 4.75. The number of piperazine rings is 1. The summed E-state index contributed by atoms with van der Waals surface area (Å²) >= 11 is 0. The average Bonchev–Trinajstić information content (AvgIpc) is 3.32. The predicted octanol–water partition coefficient (Wildman–Crippen LogP) is 2.10. The molecule has 9 heteroatoms. The molecule has 1 aliphatic rings. The van der Waals surface area contributed by atoms with E-state index < -0.39 is 0 Å². The Morgan fingerprint density at radius 1 is 0.931 bits per heavy atom. The van der Waals surface area contributed by atoms with Gasteiger partial charge in [-0.3, -0.25) is 0 Å². The van der Waals surface area contributed by atoms with Gasteiger partial charge >= 0.3 is 0 Å². The Morgan fingerprint density at radius 3 is 2.45 bits per heavy atom. The van der Waals surface area contributed by atoms with Crippen molar-refractivity contribution in [1.82, 2.24) is 34.4 Å². The second-order valence-electron chi connectivity index (χ2n) is 8.54. The normalized spacial score (nSPS) is 15.6. The maximum atomic E-state index is 4.75. The molecule has 0 aromatic carbocycles. The predicted molar refractivity (Wildman–Crippen MR) is 112 cm³/mol. The molecule has 4 aromatic heterocycles. The molecule has 0 saturated carbocycles. The van der Waals surface area contributed by atoms with E-state index in [4.69, 9.17) is 10.2 Å². The number of hydrogen-bond donors (Lipinski definition) is 0. The lowest BCUT2D eigenvalue weighted by atomic mass is 9.92. The van der Waals surface area contributed by atoms with E-state index in [0.717, 1.165) is 60.5 Å². The highest BCUT2D eigenvalue weighted by Crippen LogP contribution is 2.27. The Balaban J connectivity index is 1.38. The third-order valence-corrected chi connectivity index (χ3v) is 5.45. The van der Waals surface area contributed by atoms with Gasteiger partial charge in [0.05, 0.1) is 5.69 Å². The molecule has 1 aliphatic heterocycles. The summed E-state index contributed by atoms with van der Waals surface area (Å²) in [5, 5.41) is 17.7.